The molecule has 10 heavy (non-hydrogen) atoms. The maximum absolute atomic E-state index is 10.7. The average Bonchev–Trinajstić information content (AvgIpc) is 1.85. The Morgan fingerprint density at radius 3 is 2.70 bits per heavy atom. The maximum Gasteiger partial charge on any atom is 0.237 e. The van der Waals surface area contributed by atoms with Crippen molar-refractivity contribution >= 4 is 21.8 Å². The predicted octanol–water partition coefficient (Wildman–Crippen LogP) is 0.358. The van der Waals surface area contributed by atoms with Crippen LogP contribution in [0.3, 0.4) is 0 Å². The molecule has 0 fully saturated rings. The number of carbonyl (C=O) groups is 1. The first-order valence-electron chi connectivity index (χ1n) is 2.88. The second-order valence-electron chi connectivity index (χ2n) is 1.94. The zero-order valence-corrected chi connectivity index (χ0v) is 7.44. The molecule has 4 heteroatoms. The van der Waals surface area contributed by atoms with Gasteiger partial charge in [-0.25, -0.2) is 0 Å². The highest BCUT2D eigenvalue weighted by Gasteiger charge is 2.10. The van der Waals surface area contributed by atoms with Gasteiger partial charge in [-0.3, -0.25) is 4.79 Å². The summed E-state index contributed by atoms with van der Waals surface area (Å²) in [7, 11) is 1.55. The van der Waals surface area contributed by atoms with E-state index in [1.165, 1.54) is 0 Å². The summed E-state index contributed by atoms with van der Waals surface area (Å²) < 4.78 is 0.739. The molecule has 3 N–H and O–H groups in total. The van der Waals surface area contributed by atoms with Gasteiger partial charge in [0.05, 0.1) is 6.04 Å². The minimum atomic E-state index is -0.489. The predicted molar refractivity (Wildman–Crippen MR) is 44.7 cm³/mol. The van der Waals surface area contributed by atoms with Crippen molar-refractivity contribution in [1.82, 2.24) is 5.32 Å². The number of rotatable bonds is 3. The Morgan fingerprint density at radius 2 is 2.40 bits per heavy atom. The molecule has 0 aliphatic heterocycles. The Hall–Kier alpha value is -0.350. The fraction of sp³-hybridized carbons (Fsp3) is 0.500. The number of amides is 1. The Labute approximate surface area is 68.8 Å². The van der Waals surface area contributed by atoms with E-state index in [1.54, 1.807) is 7.05 Å². The smallest absolute Gasteiger partial charge is 0.237 e. The van der Waals surface area contributed by atoms with E-state index in [0.717, 1.165) is 4.48 Å². The van der Waals surface area contributed by atoms with Crippen molar-refractivity contribution in [1.29, 1.82) is 0 Å². The molecule has 3 nitrogen and oxygen atoms in total. The molecule has 0 rings (SSSR count). The average molecular weight is 207 g/mol. The fourth-order valence-corrected chi connectivity index (χ4v) is 0.865. The van der Waals surface area contributed by atoms with Crippen molar-refractivity contribution in [2.75, 3.05) is 7.05 Å². The summed E-state index contributed by atoms with van der Waals surface area (Å²) in [4.78, 5) is 10.7. The topological polar surface area (TPSA) is 55.1 Å². The third kappa shape index (κ3) is 3.63. The van der Waals surface area contributed by atoms with E-state index in [2.05, 4.69) is 27.8 Å². The van der Waals surface area contributed by atoms with E-state index in [-0.39, 0.29) is 5.91 Å². The van der Waals surface area contributed by atoms with E-state index in [4.69, 9.17) is 5.73 Å². The van der Waals surface area contributed by atoms with Gasteiger partial charge in [-0.15, -0.1) is 0 Å². The monoisotopic (exact) mass is 206 g/mol. The maximum atomic E-state index is 10.7. The first-order valence-corrected chi connectivity index (χ1v) is 3.67. The number of nitrogens with one attached hydrogen (secondary N) is 1. The molecule has 0 saturated heterocycles. The molecule has 1 amide bonds. The number of carbonyl (C=O) groups excluding carboxylic acids is 1. The molecule has 1 unspecified atom stereocenters. The van der Waals surface area contributed by atoms with Crippen LogP contribution in [-0.4, -0.2) is 19.0 Å². The van der Waals surface area contributed by atoms with E-state index >= 15 is 0 Å². The minimum Gasteiger partial charge on any atom is -0.358 e. The van der Waals surface area contributed by atoms with Crippen LogP contribution in [0.5, 0.6) is 0 Å². The van der Waals surface area contributed by atoms with Crippen LogP contribution < -0.4 is 11.1 Å². The summed E-state index contributed by atoms with van der Waals surface area (Å²) in [6.07, 6.45) is 0.472. The van der Waals surface area contributed by atoms with Crippen LogP contribution in [0.25, 0.3) is 0 Å². The summed E-state index contributed by atoms with van der Waals surface area (Å²) in [6, 6.07) is -0.489. The first-order chi connectivity index (χ1) is 4.57. The van der Waals surface area contributed by atoms with Crippen molar-refractivity contribution < 1.29 is 4.79 Å². The summed E-state index contributed by atoms with van der Waals surface area (Å²) in [5.41, 5.74) is 5.43. The van der Waals surface area contributed by atoms with Gasteiger partial charge in [-0.2, -0.15) is 0 Å². The number of hydrogen-bond donors (Lipinski definition) is 2. The summed E-state index contributed by atoms with van der Waals surface area (Å²) in [5, 5.41) is 2.44. The molecule has 0 aromatic heterocycles. The third-order valence-electron chi connectivity index (χ3n) is 1.02. The van der Waals surface area contributed by atoms with E-state index < -0.39 is 6.04 Å². The first kappa shape index (κ1) is 9.65. The molecule has 58 valence electrons. The van der Waals surface area contributed by atoms with Gasteiger partial charge in [0, 0.05) is 13.5 Å². The normalized spacial score (nSPS) is 12.3. The van der Waals surface area contributed by atoms with Crippen LogP contribution in [0.1, 0.15) is 6.42 Å². The van der Waals surface area contributed by atoms with E-state index in [0.29, 0.717) is 6.42 Å². The van der Waals surface area contributed by atoms with E-state index in [1.807, 2.05) is 0 Å². The van der Waals surface area contributed by atoms with Gasteiger partial charge in [0.2, 0.25) is 5.91 Å². The molecule has 0 aliphatic carbocycles. The highest BCUT2D eigenvalue weighted by molar-refractivity contribution is 9.11. The molecule has 0 aliphatic rings. The van der Waals surface area contributed by atoms with Crippen molar-refractivity contribution in [3.05, 3.63) is 11.1 Å². The van der Waals surface area contributed by atoms with Crippen LogP contribution in [0.4, 0.5) is 0 Å². The number of halogens is 1. The zero-order valence-electron chi connectivity index (χ0n) is 5.86. The highest BCUT2D eigenvalue weighted by atomic mass is 79.9. The molecule has 0 radical (unpaired) electrons. The SMILES string of the molecule is C=C(Br)CC(N)C(=O)NC. The van der Waals surface area contributed by atoms with Gasteiger partial charge in [0.15, 0.2) is 0 Å². The van der Waals surface area contributed by atoms with Gasteiger partial charge in [0.25, 0.3) is 0 Å². The molecule has 0 bridgehead atoms. The Morgan fingerprint density at radius 1 is 1.90 bits per heavy atom. The lowest BCUT2D eigenvalue weighted by Crippen LogP contribution is -2.38. The zero-order chi connectivity index (χ0) is 8.15. The second kappa shape index (κ2) is 4.46. The van der Waals surface area contributed by atoms with Crippen molar-refractivity contribution in [2.45, 2.75) is 12.5 Å². The quantitative estimate of drug-likeness (QED) is 0.701. The summed E-state index contributed by atoms with van der Waals surface area (Å²) >= 11 is 3.12. The lowest BCUT2D eigenvalue weighted by molar-refractivity contribution is -0.121. The molecule has 0 spiro atoms. The molecule has 0 saturated carbocycles. The highest BCUT2D eigenvalue weighted by Crippen LogP contribution is 2.07. The van der Waals surface area contributed by atoms with Crippen molar-refractivity contribution in [3.8, 4) is 0 Å². The van der Waals surface area contributed by atoms with Crippen molar-refractivity contribution in [2.24, 2.45) is 5.73 Å². The minimum absolute atomic E-state index is 0.166. The van der Waals surface area contributed by atoms with Gasteiger partial charge in [0.1, 0.15) is 0 Å². The van der Waals surface area contributed by atoms with Crippen molar-refractivity contribution in [3.63, 3.8) is 0 Å². The Bertz CT molecular complexity index is 147. The lowest BCUT2D eigenvalue weighted by Gasteiger charge is -2.07. The molecule has 0 aromatic carbocycles. The Kier molecular flexibility index (Phi) is 4.31. The van der Waals surface area contributed by atoms with Gasteiger partial charge in [-0.05, 0) is 4.48 Å². The fourth-order valence-electron chi connectivity index (χ4n) is 0.517. The second-order valence-corrected chi connectivity index (χ2v) is 3.06. The number of likely N-dealkylation sites (N-methyl/N-ethyl adjacent to an activating group) is 1. The van der Waals surface area contributed by atoms with Crippen LogP contribution in [0, 0.1) is 0 Å². The summed E-state index contributed by atoms with van der Waals surface area (Å²) in [6.45, 7) is 3.57. The molecule has 0 heterocycles. The third-order valence-corrected chi connectivity index (χ3v) is 1.35. The van der Waals surface area contributed by atoms with Gasteiger partial charge in [-0.1, -0.05) is 22.5 Å². The number of hydrogen-bond acceptors (Lipinski definition) is 2. The molecule has 0 aromatic rings. The molecular formula is C6H11BrN2O. The van der Waals surface area contributed by atoms with Crippen LogP contribution in [0.2, 0.25) is 0 Å². The van der Waals surface area contributed by atoms with Gasteiger partial charge < -0.3 is 11.1 Å². The lowest BCUT2D eigenvalue weighted by atomic mass is 10.2. The van der Waals surface area contributed by atoms with Crippen LogP contribution >= 0.6 is 15.9 Å². The summed E-state index contributed by atoms with van der Waals surface area (Å²) in [5.74, 6) is -0.166. The molecule has 1 atom stereocenters. The number of nitrogens with two attached hydrogens (primary N) is 1. The van der Waals surface area contributed by atoms with Crippen LogP contribution in [-0.2, 0) is 4.79 Å². The molecular weight excluding hydrogens is 196 g/mol. The largest absolute Gasteiger partial charge is 0.358 e. The van der Waals surface area contributed by atoms with Crippen LogP contribution in [0.15, 0.2) is 11.1 Å². The van der Waals surface area contributed by atoms with E-state index in [9.17, 15) is 4.79 Å². The van der Waals surface area contributed by atoms with Gasteiger partial charge >= 0.3 is 0 Å². The standard InChI is InChI=1S/C6H11BrN2O/c1-4(7)3-5(8)6(10)9-2/h5H,1,3,8H2,2H3,(H,9,10). The Balaban J connectivity index is 3.72.